The van der Waals surface area contributed by atoms with Crippen LogP contribution in [-0.2, 0) is 14.2 Å². The van der Waals surface area contributed by atoms with Crippen LogP contribution in [0.4, 0.5) is 5.69 Å². The van der Waals surface area contributed by atoms with Crippen LogP contribution in [0.5, 0.6) is 0 Å². The number of hydrogen-bond acceptors (Lipinski definition) is 5. The van der Waals surface area contributed by atoms with Crippen molar-refractivity contribution in [2.45, 2.75) is 38.3 Å². The number of ether oxygens (including phenoxy) is 3. The van der Waals surface area contributed by atoms with E-state index in [4.69, 9.17) is 14.2 Å². The Hall–Kier alpha value is -1.11. The first-order valence-corrected chi connectivity index (χ1v) is 8.60. The molecule has 1 aromatic rings. The fourth-order valence-corrected chi connectivity index (χ4v) is 3.29. The second-order valence-corrected chi connectivity index (χ2v) is 6.67. The number of esters is 1. The maximum atomic E-state index is 11.9. The van der Waals surface area contributed by atoms with E-state index in [1.807, 2.05) is 13.0 Å². The van der Waals surface area contributed by atoms with E-state index in [0.29, 0.717) is 18.2 Å². The van der Waals surface area contributed by atoms with Gasteiger partial charge in [-0.2, -0.15) is 0 Å². The number of rotatable bonds is 6. The molecule has 1 aromatic carbocycles. The van der Waals surface area contributed by atoms with Crippen LogP contribution in [0.15, 0.2) is 16.6 Å². The zero-order valence-corrected chi connectivity index (χ0v) is 15.4. The van der Waals surface area contributed by atoms with E-state index in [1.165, 1.54) is 7.11 Å². The predicted molar refractivity (Wildman–Crippen MR) is 93.1 cm³/mol. The Labute approximate surface area is 145 Å². The summed E-state index contributed by atoms with van der Waals surface area (Å²) in [6.07, 6.45) is 3.00. The maximum Gasteiger partial charge on any atom is 0.338 e. The van der Waals surface area contributed by atoms with Crippen molar-refractivity contribution < 1.29 is 19.0 Å². The normalized spacial score (nSPS) is 21.0. The van der Waals surface area contributed by atoms with E-state index < -0.39 is 0 Å². The van der Waals surface area contributed by atoms with Gasteiger partial charge in [-0.25, -0.2) is 4.79 Å². The van der Waals surface area contributed by atoms with Gasteiger partial charge in [0.15, 0.2) is 0 Å². The Morgan fingerprint density at radius 3 is 2.91 bits per heavy atom. The van der Waals surface area contributed by atoms with Crippen molar-refractivity contribution in [2.24, 2.45) is 0 Å². The molecule has 128 valence electrons. The van der Waals surface area contributed by atoms with Crippen LogP contribution in [-0.4, -0.2) is 45.5 Å². The summed E-state index contributed by atoms with van der Waals surface area (Å²) in [7, 11) is 3.10. The highest BCUT2D eigenvalue weighted by Crippen LogP contribution is 2.28. The molecular weight excluding hydrogens is 362 g/mol. The monoisotopic (exact) mass is 385 g/mol. The van der Waals surface area contributed by atoms with E-state index >= 15 is 0 Å². The average molecular weight is 386 g/mol. The Morgan fingerprint density at radius 1 is 1.43 bits per heavy atom. The largest absolute Gasteiger partial charge is 0.465 e. The van der Waals surface area contributed by atoms with Crippen molar-refractivity contribution in [1.29, 1.82) is 0 Å². The van der Waals surface area contributed by atoms with Gasteiger partial charge in [-0.1, -0.05) is 15.9 Å². The van der Waals surface area contributed by atoms with Crippen molar-refractivity contribution >= 4 is 27.6 Å². The number of methoxy groups -OCH3 is 2. The summed E-state index contributed by atoms with van der Waals surface area (Å²) in [6.45, 7) is 3.38. The predicted octanol–water partition coefficient (Wildman–Crippen LogP) is 3.54. The number of benzene rings is 1. The number of nitrogens with one attached hydrogen (secondary N) is 1. The minimum Gasteiger partial charge on any atom is -0.465 e. The first-order valence-electron chi connectivity index (χ1n) is 7.80. The zero-order valence-electron chi connectivity index (χ0n) is 13.9. The number of carbonyl (C=O) groups is 1. The van der Waals surface area contributed by atoms with Gasteiger partial charge in [0, 0.05) is 36.5 Å². The third-order valence-electron chi connectivity index (χ3n) is 4.15. The molecule has 1 N–H and O–H groups in total. The summed E-state index contributed by atoms with van der Waals surface area (Å²) in [5, 5.41) is 3.56. The molecule has 0 aromatic heterocycles. The summed E-state index contributed by atoms with van der Waals surface area (Å²) in [4.78, 5) is 11.9. The fraction of sp³-hybridized carbons (Fsp3) is 0.588. The first-order chi connectivity index (χ1) is 11.0. The summed E-state index contributed by atoms with van der Waals surface area (Å²) < 4.78 is 16.6. The highest BCUT2D eigenvalue weighted by molar-refractivity contribution is 9.10. The van der Waals surface area contributed by atoms with Gasteiger partial charge < -0.3 is 19.5 Å². The molecule has 1 aliphatic rings. The Bertz CT molecular complexity index is 550. The van der Waals surface area contributed by atoms with Crippen LogP contribution in [0.1, 0.15) is 35.2 Å². The summed E-state index contributed by atoms with van der Waals surface area (Å²) >= 11 is 3.47. The lowest BCUT2D eigenvalue weighted by Gasteiger charge is -2.31. The Kier molecular flexibility index (Phi) is 6.87. The molecule has 1 fully saturated rings. The molecule has 0 bridgehead atoms. The lowest BCUT2D eigenvalue weighted by atomic mass is 9.99. The second kappa shape index (κ2) is 8.66. The summed E-state index contributed by atoms with van der Waals surface area (Å²) in [5.74, 6) is -0.322. The molecule has 0 spiro atoms. The fourth-order valence-electron chi connectivity index (χ4n) is 2.83. The van der Waals surface area contributed by atoms with Crippen molar-refractivity contribution in [3.63, 3.8) is 0 Å². The lowest BCUT2D eigenvalue weighted by molar-refractivity contribution is -0.00656. The van der Waals surface area contributed by atoms with Crippen molar-refractivity contribution in [2.75, 3.05) is 32.8 Å². The molecule has 1 aliphatic heterocycles. The van der Waals surface area contributed by atoms with Crippen LogP contribution >= 0.6 is 15.9 Å². The van der Waals surface area contributed by atoms with Gasteiger partial charge in [0.25, 0.3) is 0 Å². The maximum absolute atomic E-state index is 11.9. The molecule has 0 radical (unpaired) electrons. The number of carbonyl (C=O) groups excluding carboxylic acids is 1. The summed E-state index contributed by atoms with van der Waals surface area (Å²) in [6, 6.07) is 4.11. The third-order valence-corrected chi connectivity index (χ3v) is 4.61. The molecule has 0 amide bonds. The molecule has 6 heteroatoms. The topological polar surface area (TPSA) is 56.8 Å². The van der Waals surface area contributed by atoms with Crippen LogP contribution < -0.4 is 5.32 Å². The van der Waals surface area contributed by atoms with Crippen LogP contribution in [0.25, 0.3) is 0 Å². The zero-order chi connectivity index (χ0) is 16.8. The van der Waals surface area contributed by atoms with Gasteiger partial charge in [0.05, 0.1) is 18.8 Å². The molecule has 2 unspecified atom stereocenters. The van der Waals surface area contributed by atoms with Gasteiger partial charge >= 0.3 is 5.97 Å². The molecular formula is C17H24BrNO4. The molecule has 2 rings (SSSR count). The van der Waals surface area contributed by atoms with Crippen LogP contribution in [0.3, 0.4) is 0 Å². The van der Waals surface area contributed by atoms with E-state index in [0.717, 1.165) is 41.6 Å². The number of anilines is 1. The van der Waals surface area contributed by atoms with Crippen molar-refractivity contribution in [1.82, 2.24) is 0 Å². The Balaban J connectivity index is 2.10. The lowest BCUT2D eigenvalue weighted by Crippen LogP contribution is -2.34. The molecule has 0 saturated carbocycles. The summed E-state index contributed by atoms with van der Waals surface area (Å²) in [5.41, 5.74) is 2.43. The second-order valence-electron chi connectivity index (χ2n) is 5.76. The molecule has 2 atom stereocenters. The van der Waals surface area contributed by atoms with Gasteiger partial charge in [-0.05, 0) is 43.9 Å². The highest BCUT2D eigenvalue weighted by Gasteiger charge is 2.23. The van der Waals surface area contributed by atoms with Crippen LogP contribution in [0, 0.1) is 6.92 Å². The average Bonchev–Trinajstić information content (AvgIpc) is 2.55. The minimum atomic E-state index is -0.322. The quantitative estimate of drug-likeness (QED) is 0.758. The standard InChI is InChI=1S/C17H24BrNO4/c1-11-15(17(20)22-3)8-12(18)9-16(11)19-13-4-7-23-14(10-13)5-6-21-2/h8-9,13-14,19H,4-7,10H2,1-3H3. The highest BCUT2D eigenvalue weighted by atomic mass is 79.9. The molecule has 23 heavy (non-hydrogen) atoms. The van der Waals surface area contributed by atoms with Gasteiger partial charge in [-0.3, -0.25) is 0 Å². The van der Waals surface area contributed by atoms with Gasteiger partial charge in [0.1, 0.15) is 0 Å². The van der Waals surface area contributed by atoms with E-state index in [-0.39, 0.29) is 12.1 Å². The smallest absolute Gasteiger partial charge is 0.338 e. The van der Waals surface area contributed by atoms with Crippen LogP contribution in [0.2, 0.25) is 0 Å². The van der Waals surface area contributed by atoms with E-state index in [9.17, 15) is 4.79 Å². The Morgan fingerprint density at radius 2 is 2.22 bits per heavy atom. The molecule has 5 nitrogen and oxygen atoms in total. The SMILES string of the molecule is COCCC1CC(Nc2cc(Br)cc(C(=O)OC)c2C)CCO1. The van der Waals surface area contributed by atoms with Crippen molar-refractivity contribution in [3.8, 4) is 0 Å². The van der Waals surface area contributed by atoms with Crippen molar-refractivity contribution in [3.05, 3.63) is 27.7 Å². The van der Waals surface area contributed by atoms with Gasteiger partial charge in [-0.15, -0.1) is 0 Å². The third kappa shape index (κ3) is 4.93. The number of halogens is 1. The minimum absolute atomic E-state index is 0.216. The van der Waals surface area contributed by atoms with E-state index in [1.54, 1.807) is 13.2 Å². The first kappa shape index (κ1) is 18.2. The van der Waals surface area contributed by atoms with E-state index in [2.05, 4.69) is 21.2 Å². The van der Waals surface area contributed by atoms with Gasteiger partial charge in [0.2, 0.25) is 0 Å². The molecule has 0 aliphatic carbocycles. The molecule has 1 heterocycles. The molecule has 1 saturated heterocycles. The number of hydrogen-bond donors (Lipinski definition) is 1.